The lowest BCUT2D eigenvalue weighted by atomic mass is 9.95. The first kappa shape index (κ1) is 35.0. The third kappa shape index (κ3) is 7.80. The largest absolute Gasteiger partial charge is 0.633 e. The molecule has 4 unspecified atom stereocenters. The minimum Gasteiger partial charge on any atom is -0.633 e. The number of rotatable bonds is 5. The average molecular weight is 665 g/mol. The summed E-state index contributed by atoms with van der Waals surface area (Å²) in [6, 6.07) is 31.1. The summed E-state index contributed by atoms with van der Waals surface area (Å²) in [6.07, 6.45) is 7.45. The van der Waals surface area contributed by atoms with E-state index < -0.39 is 23.2 Å². The van der Waals surface area contributed by atoms with Gasteiger partial charge in [0.05, 0.1) is 0 Å². The maximum Gasteiger partial charge on any atom is 0.160 e. The van der Waals surface area contributed by atoms with Crippen LogP contribution in [-0.2, 0) is 10.4 Å². The molecule has 8 heteroatoms. The Kier molecular flexibility index (Phi) is 10.2. The molecule has 2 fully saturated rings. The highest BCUT2D eigenvalue weighted by Gasteiger charge is 2.47. The van der Waals surface area contributed by atoms with Gasteiger partial charge in [-0.15, -0.1) is 10.4 Å². The lowest BCUT2D eigenvalue weighted by Gasteiger charge is -2.27. The molecule has 2 radical (unpaired) electrons. The Morgan fingerprint density at radius 2 is 0.820 bits per heavy atom. The molecular formula is C42H40N4O4. The fraction of sp³-hybridized carbons (Fsp3) is 0.238. The molecule has 0 aliphatic carbocycles. The molecule has 0 bridgehead atoms. The topological polar surface area (TPSA) is 101 Å². The second kappa shape index (κ2) is 14.6. The van der Waals surface area contributed by atoms with Crippen LogP contribution >= 0.6 is 0 Å². The average Bonchev–Trinajstić information content (AvgIpc) is 3.43. The summed E-state index contributed by atoms with van der Waals surface area (Å²) < 4.78 is 0. The van der Waals surface area contributed by atoms with Crippen molar-refractivity contribution in [3.05, 3.63) is 153 Å². The van der Waals surface area contributed by atoms with Gasteiger partial charge in [0, 0.05) is 22.3 Å². The molecule has 4 aromatic rings. The Morgan fingerprint density at radius 1 is 0.540 bits per heavy atom. The SMILES string of the molecule is CC1(C)C(/C=C/c2ccc(C#Cc3ccc(-c4ccc(C#Cc5ccc(/C=C/C6[NH+]([O-])CN([O])C6(C)C)cc5)cc4)cc3)cc2)[NH+]([O-])CN1[O]. The molecule has 0 amide bonds. The second-order valence-corrected chi connectivity index (χ2v) is 13.9. The molecule has 0 saturated carbocycles. The molecule has 2 saturated heterocycles. The second-order valence-electron chi connectivity index (χ2n) is 13.9. The van der Waals surface area contributed by atoms with Gasteiger partial charge in [0.25, 0.3) is 0 Å². The molecule has 4 atom stereocenters. The van der Waals surface area contributed by atoms with Gasteiger partial charge in [0.15, 0.2) is 13.3 Å². The molecule has 2 heterocycles. The van der Waals surface area contributed by atoms with Crippen molar-refractivity contribution in [3.63, 3.8) is 0 Å². The van der Waals surface area contributed by atoms with Crippen molar-refractivity contribution in [2.75, 3.05) is 13.3 Å². The predicted octanol–water partition coefficient (Wildman–Crippen LogP) is 4.48. The molecule has 0 aromatic heterocycles. The normalized spacial score (nSPS) is 23.1. The standard InChI is InChI=1S/C42H40N4O4/c1-41(2)39(43(47)29-45(41)49)27-21-33-11-5-31(6-12-33)9-15-35-17-23-37(24-18-35)38-25-19-36(20-26-38)16-10-32-7-13-34(14-8-32)22-28-40-42(3,4)46(50)30-44(40)48/h5-8,11-14,17-28,39-40,43-44H,29-30H2,1-4H3/b27-21+,28-22+. The first-order chi connectivity index (χ1) is 23.9. The Morgan fingerprint density at radius 3 is 1.08 bits per heavy atom. The van der Waals surface area contributed by atoms with Gasteiger partial charge in [0.2, 0.25) is 0 Å². The molecule has 2 N–H and O–H groups in total. The summed E-state index contributed by atoms with van der Waals surface area (Å²) in [4.78, 5) is 0. The van der Waals surface area contributed by atoms with Crippen LogP contribution in [0.15, 0.2) is 109 Å². The van der Waals surface area contributed by atoms with Crippen LogP contribution in [0, 0.1) is 34.1 Å². The van der Waals surface area contributed by atoms with Crippen LogP contribution in [0.5, 0.6) is 0 Å². The smallest absolute Gasteiger partial charge is 0.160 e. The van der Waals surface area contributed by atoms with Gasteiger partial charge in [-0.05, 0) is 111 Å². The summed E-state index contributed by atoms with van der Waals surface area (Å²) in [7, 11) is 0. The number of hydroxylamine groups is 8. The van der Waals surface area contributed by atoms with E-state index in [1.165, 1.54) is 0 Å². The van der Waals surface area contributed by atoms with Crippen molar-refractivity contribution in [3.8, 4) is 34.8 Å². The van der Waals surface area contributed by atoms with Crippen LogP contribution in [-0.4, -0.2) is 46.6 Å². The lowest BCUT2D eigenvalue weighted by Crippen LogP contribution is -3.10. The number of nitrogens with one attached hydrogen (secondary N) is 2. The number of benzene rings is 4. The number of nitrogens with zero attached hydrogens (tertiary/aromatic N) is 2. The van der Waals surface area contributed by atoms with Crippen molar-refractivity contribution in [2.45, 2.75) is 50.9 Å². The Labute approximate surface area is 294 Å². The van der Waals surface area contributed by atoms with E-state index in [4.69, 9.17) is 0 Å². The first-order valence-corrected chi connectivity index (χ1v) is 16.7. The fourth-order valence-corrected chi connectivity index (χ4v) is 6.22. The van der Waals surface area contributed by atoms with Gasteiger partial charge in [-0.25, -0.2) is 0 Å². The van der Waals surface area contributed by atoms with E-state index in [2.05, 4.69) is 47.9 Å². The van der Waals surface area contributed by atoms with Crippen molar-refractivity contribution in [1.82, 2.24) is 10.1 Å². The van der Waals surface area contributed by atoms with Crippen LogP contribution in [0.4, 0.5) is 0 Å². The van der Waals surface area contributed by atoms with Crippen LogP contribution < -0.4 is 10.1 Å². The highest BCUT2D eigenvalue weighted by atomic mass is 16.6. The zero-order valence-electron chi connectivity index (χ0n) is 28.6. The Bertz CT molecular complexity index is 1830. The van der Waals surface area contributed by atoms with Crippen LogP contribution in [0.1, 0.15) is 61.1 Å². The van der Waals surface area contributed by atoms with Gasteiger partial charge in [-0.1, -0.05) is 94.5 Å². The van der Waals surface area contributed by atoms with E-state index >= 15 is 0 Å². The van der Waals surface area contributed by atoms with Crippen molar-refractivity contribution < 1.29 is 20.5 Å². The number of quaternary nitrogens is 2. The van der Waals surface area contributed by atoms with E-state index in [1.807, 2.05) is 97.1 Å². The van der Waals surface area contributed by atoms with Crippen LogP contribution in [0.2, 0.25) is 0 Å². The molecule has 252 valence electrons. The monoisotopic (exact) mass is 664 g/mol. The van der Waals surface area contributed by atoms with E-state index in [0.717, 1.165) is 54.6 Å². The van der Waals surface area contributed by atoms with Crippen LogP contribution in [0.25, 0.3) is 23.3 Å². The molecule has 4 aromatic carbocycles. The number of hydrogen-bond donors (Lipinski definition) is 2. The third-order valence-corrected chi connectivity index (χ3v) is 9.69. The maximum atomic E-state index is 12.2. The highest BCUT2D eigenvalue weighted by molar-refractivity contribution is 5.66. The Hall–Kier alpha value is -4.84. The molecule has 8 nitrogen and oxygen atoms in total. The van der Waals surface area contributed by atoms with Crippen molar-refractivity contribution >= 4 is 12.2 Å². The zero-order valence-corrected chi connectivity index (χ0v) is 28.6. The molecule has 2 aliphatic rings. The van der Waals surface area contributed by atoms with Gasteiger partial charge >= 0.3 is 0 Å². The Balaban J connectivity index is 1.03. The molecule has 6 rings (SSSR count). The summed E-state index contributed by atoms with van der Waals surface area (Å²) in [5, 5.41) is 50.1. The van der Waals surface area contributed by atoms with E-state index in [1.54, 1.807) is 27.7 Å². The fourth-order valence-electron chi connectivity index (χ4n) is 6.22. The quantitative estimate of drug-likeness (QED) is 0.243. The highest BCUT2D eigenvalue weighted by Crippen LogP contribution is 2.23. The van der Waals surface area contributed by atoms with Crippen LogP contribution in [0.3, 0.4) is 0 Å². The summed E-state index contributed by atoms with van der Waals surface area (Å²) >= 11 is 0. The molecule has 50 heavy (non-hydrogen) atoms. The zero-order chi connectivity index (χ0) is 35.5. The van der Waals surface area contributed by atoms with Gasteiger partial charge in [0.1, 0.15) is 23.2 Å². The van der Waals surface area contributed by atoms with E-state index in [-0.39, 0.29) is 23.5 Å². The van der Waals surface area contributed by atoms with Gasteiger partial charge < -0.3 is 20.5 Å². The van der Waals surface area contributed by atoms with Crippen molar-refractivity contribution in [2.24, 2.45) is 0 Å². The molecular weight excluding hydrogens is 624 g/mol. The summed E-state index contributed by atoms with van der Waals surface area (Å²) in [5.74, 6) is 12.9. The van der Waals surface area contributed by atoms with E-state index in [0.29, 0.717) is 0 Å². The number of hydrogen-bond acceptors (Lipinski definition) is 4. The van der Waals surface area contributed by atoms with Crippen molar-refractivity contribution in [1.29, 1.82) is 0 Å². The molecule has 2 aliphatic heterocycles. The van der Waals surface area contributed by atoms with Gasteiger partial charge in [-0.3, -0.25) is 0 Å². The minimum absolute atomic E-state index is 0.0498. The summed E-state index contributed by atoms with van der Waals surface area (Å²) in [6.45, 7) is 7.09. The molecule has 0 spiro atoms. The third-order valence-electron chi connectivity index (χ3n) is 9.69. The first-order valence-electron chi connectivity index (χ1n) is 16.7. The lowest BCUT2D eigenvalue weighted by molar-refractivity contribution is -0.863. The minimum atomic E-state index is -0.732. The maximum absolute atomic E-state index is 12.2. The van der Waals surface area contributed by atoms with Gasteiger partial charge in [-0.2, -0.15) is 0 Å². The summed E-state index contributed by atoms with van der Waals surface area (Å²) in [5.41, 5.74) is 6.21. The van der Waals surface area contributed by atoms with E-state index in [9.17, 15) is 20.8 Å². The predicted molar refractivity (Wildman–Crippen MR) is 194 cm³/mol.